The molecule has 0 radical (unpaired) electrons. The first-order valence-electron chi connectivity index (χ1n) is 13.3. The Hall–Kier alpha value is -2.76. The summed E-state index contributed by atoms with van der Waals surface area (Å²) in [6.07, 6.45) is 6.65. The van der Waals surface area contributed by atoms with Crippen molar-refractivity contribution in [2.45, 2.75) is 70.5 Å². The number of rotatable bonds is 9. The van der Waals surface area contributed by atoms with Crippen molar-refractivity contribution in [3.05, 3.63) is 46.9 Å². The van der Waals surface area contributed by atoms with Crippen LogP contribution in [-0.4, -0.2) is 36.2 Å². The van der Waals surface area contributed by atoms with Gasteiger partial charge >= 0.3 is 0 Å². The number of nitrogens with one attached hydrogen (secondary N) is 1. The molecule has 1 fully saturated rings. The fourth-order valence-corrected chi connectivity index (χ4v) is 7.05. The van der Waals surface area contributed by atoms with Crippen LogP contribution in [0.1, 0.15) is 75.6 Å². The van der Waals surface area contributed by atoms with E-state index in [0.29, 0.717) is 34.7 Å². The van der Waals surface area contributed by atoms with Crippen LogP contribution in [0.25, 0.3) is 21.8 Å². The fourth-order valence-electron chi connectivity index (χ4n) is 4.94. The number of carbonyl (C=O) groups excluding carboxylic acids is 1. The lowest BCUT2D eigenvalue weighted by atomic mass is 9.83. The van der Waals surface area contributed by atoms with Crippen molar-refractivity contribution in [3.63, 3.8) is 0 Å². The Labute approximate surface area is 233 Å². The Bertz CT molecular complexity index is 1430. The monoisotopic (exact) mass is 573 g/mol. The molecule has 4 rings (SSSR count). The van der Waals surface area contributed by atoms with Gasteiger partial charge in [0, 0.05) is 35.2 Å². The van der Waals surface area contributed by atoms with Crippen LogP contribution in [-0.2, 0) is 20.2 Å². The molecule has 2 aromatic heterocycles. The standard InChI is InChI=1S/C28H36FN5O3S2/c1-5-22(39(30,36)37)19-7-6-8-20(23(19)29)24-25(38-26(34-24)28(2,3)4)21-13-14-31-27(33-21)32-15-17-9-11-18(16-35)12-10-17/h6-8,13-14,16-18,22H,5,9-12,15H2,1-4H3,(H2,30,36,37)(H,31,32,33). The Balaban J connectivity index is 1.71. The third-order valence-corrected chi connectivity index (χ3v) is 10.1. The van der Waals surface area contributed by atoms with Crippen LogP contribution >= 0.6 is 11.3 Å². The number of thiazole rings is 1. The van der Waals surface area contributed by atoms with E-state index in [0.717, 1.165) is 37.0 Å². The number of primary sulfonamides is 1. The molecule has 2 heterocycles. The van der Waals surface area contributed by atoms with Gasteiger partial charge in [-0.2, -0.15) is 0 Å². The van der Waals surface area contributed by atoms with Gasteiger partial charge in [0.05, 0.1) is 21.3 Å². The molecule has 0 aliphatic heterocycles. The lowest BCUT2D eigenvalue weighted by molar-refractivity contribution is -0.112. The molecule has 0 spiro atoms. The summed E-state index contributed by atoms with van der Waals surface area (Å²) in [7, 11) is -4.00. The number of nitrogens with two attached hydrogens (primary N) is 1. The van der Waals surface area contributed by atoms with Gasteiger partial charge in [-0.25, -0.2) is 32.9 Å². The van der Waals surface area contributed by atoms with Gasteiger partial charge in [0.25, 0.3) is 0 Å². The Morgan fingerprint density at radius 1 is 1.18 bits per heavy atom. The fraction of sp³-hybridized carbons (Fsp3) is 0.500. The molecule has 0 amide bonds. The van der Waals surface area contributed by atoms with Gasteiger partial charge in [-0.1, -0.05) is 39.8 Å². The second-order valence-corrected chi connectivity index (χ2v) is 14.0. The number of hydrogen-bond donors (Lipinski definition) is 2. The van der Waals surface area contributed by atoms with E-state index in [4.69, 9.17) is 15.1 Å². The summed E-state index contributed by atoms with van der Waals surface area (Å²) in [5.41, 5.74) is 0.945. The zero-order valence-electron chi connectivity index (χ0n) is 22.8. The van der Waals surface area contributed by atoms with Crippen molar-refractivity contribution in [1.29, 1.82) is 0 Å². The van der Waals surface area contributed by atoms with E-state index in [1.165, 1.54) is 17.4 Å². The van der Waals surface area contributed by atoms with Gasteiger partial charge in [-0.3, -0.25) is 0 Å². The van der Waals surface area contributed by atoms with Gasteiger partial charge in [0.15, 0.2) is 0 Å². The van der Waals surface area contributed by atoms with E-state index in [2.05, 4.69) is 10.3 Å². The molecule has 3 aromatic rings. The zero-order chi connectivity index (χ0) is 28.4. The summed E-state index contributed by atoms with van der Waals surface area (Å²) in [4.78, 5) is 25.7. The number of anilines is 1. The van der Waals surface area contributed by atoms with E-state index in [1.54, 1.807) is 31.3 Å². The average Bonchev–Trinajstić information content (AvgIpc) is 3.35. The second-order valence-electron chi connectivity index (χ2n) is 11.2. The van der Waals surface area contributed by atoms with Crippen LogP contribution in [0.15, 0.2) is 30.5 Å². The smallest absolute Gasteiger partial charge is 0.223 e. The number of halogens is 1. The highest BCUT2D eigenvalue weighted by Gasteiger charge is 2.30. The molecule has 8 nitrogen and oxygen atoms in total. The normalized spacial score (nSPS) is 19.0. The van der Waals surface area contributed by atoms with E-state index in [9.17, 15) is 13.2 Å². The van der Waals surface area contributed by atoms with Crippen molar-refractivity contribution < 1.29 is 17.6 Å². The molecule has 0 bridgehead atoms. The minimum Gasteiger partial charge on any atom is -0.354 e. The molecule has 39 heavy (non-hydrogen) atoms. The Kier molecular flexibility index (Phi) is 8.82. The van der Waals surface area contributed by atoms with Crippen molar-refractivity contribution in [2.75, 3.05) is 11.9 Å². The van der Waals surface area contributed by atoms with Gasteiger partial charge in [-0.05, 0) is 50.2 Å². The molecule has 0 saturated heterocycles. The third kappa shape index (κ3) is 6.70. The Morgan fingerprint density at radius 3 is 2.51 bits per heavy atom. The first-order chi connectivity index (χ1) is 18.4. The number of aldehydes is 1. The van der Waals surface area contributed by atoms with Crippen molar-refractivity contribution in [3.8, 4) is 21.8 Å². The maximum atomic E-state index is 16.0. The van der Waals surface area contributed by atoms with Crippen LogP contribution in [0.4, 0.5) is 10.3 Å². The Morgan fingerprint density at radius 2 is 1.90 bits per heavy atom. The number of hydrogen-bond acceptors (Lipinski definition) is 8. The first-order valence-corrected chi connectivity index (χ1v) is 15.7. The van der Waals surface area contributed by atoms with Crippen LogP contribution in [0.5, 0.6) is 0 Å². The van der Waals surface area contributed by atoms with E-state index < -0.39 is 21.1 Å². The molecule has 3 N–H and O–H groups in total. The largest absolute Gasteiger partial charge is 0.354 e. The number of nitrogens with zero attached hydrogens (tertiary/aromatic N) is 3. The van der Waals surface area contributed by atoms with Crippen molar-refractivity contribution >= 4 is 33.6 Å². The topological polar surface area (TPSA) is 128 Å². The van der Waals surface area contributed by atoms with E-state index in [1.807, 2.05) is 20.8 Å². The summed E-state index contributed by atoms with van der Waals surface area (Å²) in [5, 5.41) is 8.41. The number of benzene rings is 1. The zero-order valence-corrected chi connectivity index (χ0v) is 24.4. The minimum absolute atomic E-state index is 0.0307. The van der Waals surface area contributed by atoms with Gasteiger partial charge in [-0.15, -0.1) is 11.3 Å². The first kappa shape index (κ1) is 29.2. The molecule has 210 valence electrons. The number of aromatic nitrogens is 3. The van der Waals surface area contributed by atoms with Crippen molar-refractivity contribution in [1.82, 2.24) is 15.0 Å². The summed E-state index contributed by atoms with van der Waals surface area (Å²) < 4.78 is 40.3. The average molecular weight is 574 g/mol. The lowest BCUT2D eigenvalue weighted by Crippen LogP contribution is -2.22. The third-order valence-electron chi connectivity index (χ3n) is 7.19. The summed E-state index contributed by atoms with van der Waals surface area (Å²) in [6.45, 7) is 8.47. The molecule has 1 unspecified atom stereocenters. The molecule has 1 saturated carbocycles. The highest BCUT2D eigenvalue weighted by Crippen LogP contribution is 2.42. The van der Waals surface area contributed by atoms with Crippen LogP contribution in [0.3, 0.4) is 0 Å². The summed E-state index contributed by atoms with van der Waals surface area (Å²) in [6, 6.07) is 6.47. The molecule has 1 aromatic carbocycles. The van der Waals surface area contributed by atoms with Crippen LogP contribution in [0.2, 0.25) is 0 Å². The summed E-state index contributed by atoms with van der Waals surface area (Å²) >= 11 is 1.43. The quantitative estimate of drug-likeness (QED) is 0.307. The molecule has 11 heteroatoms. The molecule has 1 atom stereocenters. The van der Waals surface area contributed by atoms with Gasteiger partial charge in [0.2, 0.25) is 16.0 Å². The van der Waals surface area contributed by atoms with Crippen LogP contribution in [0, 0.1) is 17.7 Å². The molecule has 1 aliphatic rings. The predicted molar refractivity (Wildman–Crippen MR) is 153 cm³/mol. The maximum absolute atomic E-state index is 16.0. The molecular formula is C28H36FN5O3S2. The number of sulfonamides is 1. The second kappa shape index (κ2) is 11.8. The van der Waals surface area contributed by atoms with Gasteiger partial charge in [0.1, 0.15) is 17.4 Å². The maximum Gasteiger partial charge on any atom is 0.223 e. The predicted octanol–water partition coefficient (Wildman–Crippen LogP) is 5.86. The van der Waals surface area contributed by atoms with Gasteiger partial charge < -0.3 is 10.1 Å². The number of carbonyl (C=O) groups is 1. The molecule has 1 aliphatic carbocycles. The SMILES string of the molecule is CCC(c1cccc(-c2nc(C(C)(C)C)sc2-c2ccnc(NCC3CCC(C=O)CC3)n2)c1F)S(N)(=O)=O. The lowest BCUT2D eigenvalue weighted by Gasteiger charge is -2.25. The van der Waals surface area contributed by atoms with Crippen LogP contribution < -0.4 is 10.5 Å². The highest BCUT2D eigenvalue weighted by atomic mass is 32.2. The van der Waals surface area contributed by atoms with E-state index >= 15 is 4.39 Å². The van der Waals surface area contributed by atoms with Crippen molar-refractivity contribution in [2.24, 2.45) is 17.0 Å². The highest BCUT2D eigenvalue weighted by molar-refractivity contribution is 7.89. The molecular weight excluding hydrogens is 537 g/mol. The van der Waals surface area contributed by atoms with E-state index in [-0.39, 0.29) is 28.9 Å². The minimum atomic E-state index is -4.00. The summed E-state index contributed by atoms with van der Waals surface area (Å²) in [5.74, 6) is 0.431.